The Kier molecular flexibility index (Phi) is 5.82. The molecule has 0 aliphatic rings. The summed E-state index contributed by atoms with van der Waals surface area (Å²) in [4.78, 5) is 0. The molecule has 0 saturated carbocycles. The molecule has 0 unspecified atom stereocenters. The van der Waals surface area contributed by atoms with Crippen LogP contribution in [0.25, 0.3) is 5.69 Å². The number of nitrogens with zero attached hydrogens (tertiary/aromatic N) is 4. The molecule has 0 aliphatic heterocycles. The number of benzene rings is 1. The number of hydrogen-bond acceptors (Lipinski definition) is 6. The van der Waals surface area contributed by atoms with Crippen molar-refractivity contribution in [3.63, 3.8) is 0 Å². The Morgan fingerprint density at radius 2 is 2.05 bits per heavy atom. The van der Waals surface area contributed by atoms with Gasteiger partial charge in [-0.2, -0.15) is 4.68 Å². The van der Waals surface area contributed by atoms with Crippen molar-refractivity contribution in [3.05, 3.63) is 24.3 Å². The molecule has 0 bridgehead atoms. The van der Waals surface area contributed by atoms with Gasteiger partial charge in [-0.3, -0.25) is 0 Å². The van der Waals surface area contributed by atoms with Crippen molar-refractivity contribution >= 4 is 11.8 Å². The van der Waals surface area contributed by atoms with Crippen LogP contribution in [0.1, 0.15) is 13.8 Å². The van der Waals surface area contributed by atoms with E-state index in [9.17, 15) is 0 Å². The molecule has 20 heavy (non-hydrogen) atoms. The summed E-state index contributed by atoms with van der Waals surface area (Å²) in [7, 11) is 0. The number of thioether (sulfide) groups is 1. The number of tetrazole rings is 1. The molecule has 0 fully saturated rings. The summed E-state index contributed by atoms with van der Waals surface area (Å²) in [6.45, 7) is 5.94. The standard InChI is InChI=1S/C13H18N4O2S/c1-3-18-9-10-20-13-14-15-16-17(13)11-7-5-6-8-12(11)19-4-2/h5-8H,3-4,9-10H2,1-2H3. The molecule has 0 spiro atoms. The van der Waals surface area contributed by atoms with Crippen molar-refractivity contribution in [2.75, 3.05) is 25.6 Å². The van der Waals surface area contributed by atoms with Gasteiger partial charge in [0.1, 0.15) is 11.4 Å². The van der Waals surface area contributed by atoms with Gasteiger partial charge in [-0.05, 0) is 36.4 Å². The molecule has 0 aliphatic carbocycles. The number of rotatable bonds is 8. The summed E-state index contributed by atoms with van der Waals surface area (Å²) in [5.74, 6) is 1.58. The average molecular weight is 294 g/mol. The maximum Gasteiger partial charge on any atom is 0.214 e. The molecular formula is C13H18N4O2S. The fourth-order valence-corrected chi connectivity index (χ4v) is 2.40. The summed E-state index contributed by atoms with van der Waals surface area (Å²) in [6, 6.07) is 7.72. The van der Waals surface area contributed by atoms with Crippen molar-refractivity contribution in [2.24, 2.45) is 0 Å². The molecule has 2 aromatic rings. The Hall–Kier alpha value is -1.60. The minimum absolute atomic E-state index is 0.603. The van der Waals surface area contributed by atoms with E-state index in [0.717, 1.165) is 29.0 Å². The smallest absolute Gasteiger partial charge is 0.214 e. The van der Waals surface area contributed by atoms with Gasteiger partial charge in [0, 0.05) is 12.4 Å². The number of hydrogen-bond donors (Lipinski definition) is 0. The lowest BCUT2D eigenvalue weighted by Gasteiger charge is -2.10. The highest BCUT2D eigenvalue weighted by Crippen LogP contribution is 2.25. The lowest BCUT2D eigenvalue weighted by molar-refractivity contribution is 0.164. The molecule has 6 nitrogen and oxygen atoms in total. The first kappa shape index (κ1) is 14.8. The second-order valence-corrected chi connectivity index (χ2v) is 4.88. The summed E-state index contributed by atoms with van der Waals surface area (Å²) in [5.41, 5.74) is 0.846. The third-order valence-corrected chi connectivity index (χ3v) is 3.38. The van der Waals surface area contributed by atoms with Gasteiger partial charge in [0.25, 0.3) is 0 Å². The first-order valence-corrected chi connectivity index (χ1v) is 7.56. The quantitative estimate of drug-likeness (QED) is 0.549. The molecule has 0 saturated heterocycles. The van der Waals surface area contributed by atoms with E-state index in [4.69, 9.17) is 9.47 Å². The van der Waals surface area contributed by atoms with E-state index in [1.807, 2.05) is 38.1 Å². The topological polar surface area (TPSA) is 62.1 Å². The summed E-state index contributed by atoms with van der Waals surface area (Å²) in [6.07, 6.45) is 0. The number of ether oxygens (including phenoxy) is 2. The van der Waals surface area contributed by atoms with E-state index in [-0.39, 0.29) is 0 Å². The molecule has 0 N–H and O–H groups in total. The van der Waals surface area contributed by atoms with Gasteiger partial charge >= 0.3 is 0 Å². The molecule has 2 rings (SSSR count). The van der Waals surface area contributed by atoms with Crippen LogP contribution in [0.5, 0.6) is 5.75 Å². The molecule has 108 valence electrons. The Balaban J connectivity index is 2.15. The molecule has 7 heteroatoms. The second kappa shape index (κ2) is 7.86. The maximum atomic E-state index is 5.61. The monoisotopic (exact) mass is 294 g/mol. The lowest BCUT2D eigenvalue weighted by Crippen LogP contribution is -2.04. The van der Waals surface area contributed by atoms with Crippen molar-refractivity contribution in [3.8, 4) is 11.4 Å². The van der Waals surface area contributed by atoms with Crippen LogP contribution in [0, 0.1) is 0 Å². The second-order valence-electron chi connectivity index (χ2n) is 3.82. The van der Waals surface area contributed by atoms with Gasteiger partial charge in [-0.1, -0.05) is 23.9 Å². The largest absolute Gasteiger partial charge is 0.492 e. The van der Waals surface area contributed by atoms with E-state index in [1.54, 1.807) is 16.4 Å². The highest BCUT2D eigenvalue weighted by atomic mass is 32.2. The fraction of sp³-hybridized carbons (Fsp3) is 0.462. The zero-order chi connectivity index (χ0) is 14.2. The zero-order valence-electron chi connectivity index (χ0n) is 11.7. The van der Waals surface area contributed by atoms with E-state index in [0.29, 0.717) is 13.2 Å². The normalized spacial score (nSPS) is 10.7. The Labute approximate surface area is 122 Å². The Morgan fingerprint density at radius 1 is 1.20 bits per heavy atom. The minimum atomic E-state index is 0.603. The summed E-state index contributed by atoms with van der Waals surface area (Å²) in [5, 5.41) is 12.6. The Morgan fingerprint density at radius 3 is 2.85 bits per heavy atom. The highest BCUT2D eigenvalue weighted by Gasteiger charge is 2.12. The van der Waals surface area contributed by atoms with E-state index >= 15 is 0 Å². The minimum Gasteiger partial charge on any atom is -0.492 e. The van der Waals surface area contributed by atoms with E-state index < -0.39 is 0 Å². The SMILES string of the molecule is CCOCCSc1nnnn1-c1ccccc1OCC. The van der Waals surface area contributed by atoms with Crippen LogP contribution >= 0.6 is 11.8 Å². The molecule has 0 radical (unpaired) electrons. The van der Waals surface area contributed by atoms with Crippen LogP contribution in [-0.2, 0) is 4.74 Å². The maximum absolute atomic E-state index is 5.61. The molecule has 1 aromatic carbocycles. The molecule has 1 heterocycles. The molecular weight excluding hydrogens is 276 g/mol. The van der Waals surface area contributed by atoms with Crippen LogP contribution in [0.3, 0.4) is 0 Å². The molecule has 0 amide bonds. The van der Waals surface area contributed by atoms with Crippen molar-refractivity contribution in [2.45, 2.75) is 19.0 Å². The zero-order valence-corrected chi connectivity index (χ0v) is 12.5. The first-order chi connectivity index (χ1) is 9.86. The van der Waals surface area contributed by atoms with Gasteiger partial charge in [-0.15, -0.1) is 5.10 Å². The Bertz CT molecular complexity index is 533. The van der Waals surface area contributed by atoms with Crippen LogP contribution in [0.2, 0.25) is 0 Å². The predicted molar refractivity (Wildman–Crippen MR) is 77.5 cm³/mol. The fourth-order valence-electron chi connectivity index (χ4n) is 1.67. The van der Waals surface area contributed by atoms with Gasteiger partial charge in [0.15, 0.2) is 0 Å². The third kappa shape index (κ3) is 3.71. The first-order valence-electron chi connectivity index (χ1n) is 6.58. The average Bonchev–Trinajstić information content (AvgIpc) is 2.93. The van der Waals surface area contributed by atoms with Crippen molar-refractivity contribution in [1.29, 1.82) is 0 Å². The van der Waals surface area contributed by atoms with E-state index in [1.165, 1.54) is 0 Å². The van der Waals surface area contributed by atoms with Gasteiger partial charge in [-0.25, -0.2) is 0 Å². The number of para-hydroxylation sites is 2. The highest BCUT2D eigenvalue weighted by molar-refractivity contribution is 7.99. The van der Waals surface area contributed by atoms with Crippen LogP contribution in [-0.4, -0.2) is 45.8 Å². The number of aromatic nitrogens is 4. The van der Waals surface area contributed by atoms with E-state index in [2.05, 4.69) is 15.5 Å². The van der Waals surface area contributed by atoms with Gasteiger partial charge in [0.2, 0.25) is 5.16 Å². The van der Waals surface area contributed by atoms with Crippen LogP contribution in [0.4, 0.5) is 0 Å². The van der Waals surface area contributed by atoms with Crippen molar-refractivity contribution < 1.29 is 9.47 Å². The van der Waals surface area contributed by atoms with Gasteiger partial charge in [0.05, 0.1) is 13.2 Å². The summed E-state index contributed by atoms with van der Waals surface area (Å²) >= 11 is 1.56. The molecule has 0 atom stereocenters. The van der Waals surface area contributed by atoms with Crippen LogP contribution in [0.15, 0.2) is 29.4 Å². The van der Waals surface area contributed by atoms with Crippen LogP contribution < -0.4 is 4.74 Å². The lowest BCUT2D eigenvalue weighted by atomic mass is 10.3. The third-order valence-electron chi connectivity index (χ3n) is 2.50. The van der Waals surface area contributed by atoms with Crippen molar-refractivity contribution in [1.82, 2.24) is 20.2 Å². The molecule has 1 aromatic heterocycles. The van der Waals surface area contributed by atoms with Gasteiger partial charge < -0.3 is 9.47 Å². The predicted octanol–water partition coefficient (Wildman–Crippen LogP) is 2.19. The summed E-state index contributed by atoms with van der Waals surface area (Å²) < 4.78 is 12.6.